The van der Waals surface area contributed by atoms with E-state index in [1.807, 2.05) is 12.1 Å². The molecule has 15 heavy (non-hydrogen) atoms. The Balaban J connectivity index is 1.53. The van der Waals surface area contributed by atoms with Gasteiger partial charge in [-0.1, -0.05) is 0 Å². The van der Waals surface area contributed by atoms with Crippen LogP contribution in [0.1, 0.15) is 31.6 Å². The molecule has 1 unspecified atom stereocenters. The molecular weight excluding hydrogens is 190 g/mol. The number of furan rings is 1. The summed E-state index contributed by atoms with van der Waals surface area (Å²) in [5.41, 5.74) is 0. The first-order chi connectivity index (χ1) is 7.36. The molecule has 0 bridgehead atoms. The molecule has 1 aromatic rings. The van der Waals surface area contributed by atoms with Gasteiger partial charge < -0.3 is 14.5 Å². The zero-order valence-electron chi connectivity index (χ0n) is 9.24. The van der Waals surface area contributed by atoms with E-state index in [-0.39, 0.29) is 6.04 Å². The molecule has 3 heteroatoms. The van der Waals surface area contributed by atoms with Crippen LogP contribution < -0.4 is 5.32 Å². The van der Waals surface area contributed by atoms with Crippen LogP contribution in [-0.2, 0) is 4.74 Å². The fourth-order valence-corrected chi connectivity index (χ4v) is 1.52. The summed E-state index contributed by atoms with van der Waals surface area (Å²) in [4.78, 5) is 0. The first-order valence-electron chi connectivity index (χ1n) is 5.71. The molecule has 1 N–H and O–H groups in total. The van der Waals surface area contributed by atoms with Gasteiger partial charge in [0, 0.05) is 13.2 Å². The molecule has 0 spiro atoms. The molecule has 3 nitrogen and oxygen atoms in total. The van der Waals surface area contributed by atoms with Crippen LogP contribution in [0.2, 0.25) is 0 Å². The van der Waals surface area contributed by atoms with E-state index >= 15 is 0 Å². The summed E-state index contributed by atoms with van der Waals surface area (Å²) in [5, 5.41) is 3.36. The normalized spacial score (nSPS) is 17.9. The quantitative estimate of drug-likeness (QED) is 0.700. The van der Waals surface area contributed by atoms with Crippen molar-refractivity contribution in [2.24, 2.45) is 5.92 Å². The molecule has 2 rings (SSSR count). The van der Waals surface area contributed by atoms with Gasteiger partial charge in [0.2, 0.25) is 0 Å². The lowest BCUT2D eigenvalue weighted by Crippen LogP contribution is -2.23. The fourth-order valence-electron chi connectivity index (χ4n) is 1.52. The Morgan fingerprint density at radius 1 is 1.60 bits per heavy atom. The van der Waals surface area contributed by atoms with Crippen LogP contribution in [-0.4, -0.2) is 19.8 Å². The minimum Gasteiger partial charge on any atom is -0.468 e. The van der Waals surface area contributed by atoms with E-state index in [0.717, 1.165) is 31.4 Å². The third kappa shape index (κ3) is 3.68. The van der Waals surface area contributed by atoms with Gasteiger partial charge in [0.05, 0.1) is 18.9 Å². The SMILES string of the molecule is CC(NCCOCC1CC1)c1ccco1. The van der Waals surface area contributed by atoms with Gasteiger partial charge in [0.25, 0.3) is 0 Å². The molecule has 1 aromatic heterocycles. The Morgan fingerprint density at radius 3 is 3.13 bits per heavy atom. The van der Waals surface area contributed by atoms with Crippen LogP contribution in [0.5, 0.6) is 0 Å². The average molecular weight is 209 g/mol. The maximum atomic E-state index is 5.53. The highest BCUT2D eigenvalue weighted by Crippen LogP contribution is 2.28. The van der Waals surface area contributed by atoms with E-state index in [4.69, 9.17) is 9.15 Å². The molecule has 1 aliphatic rings. The van der Waals surface area contributed by atoms with Gasteiger partial charge in [-0.3, -0.25) is 0 Å². The zero-order chi connectivity index (χ0) is 10.5. The summed E-state index contributed by atoms with van der Waals surface area (Å²) >= 11 is 0. The van der Waals surface area contributed by atoms with Crippen LogP contribution in [0.25, 0.3) is 0 Å². The lowest BCUT2D eigenvalue weighted by molar-refractivity contribution is 0.124. The Labute approximate surface area is 90.8 Å². The molecule has 1 fully saturated rings. The van der Waals surface area contributed by atoms with Crippen LogP contribution in [0, 0.1) is 5.92 Å². The molecule has 84 valence electrons. The molecule has 0 saturated heterocycles. The van der Waals surface area contributed by atoms with Crippen molar-refractivity contribution in [3.63, 3.8) is 0 Å². The number of rotatable bonds is 7. The molecule has 1 saturated carbocycles. The van der Waals surface area contributed by atoms with Gasteiger partial charge in [0.1, 0.15) is 5.76 Å². The van der Waals surface area contributed by atoms with E-state index in [0.29, 0.717) is 0 Å². The third-order valence-corrected chi connectivity index (χ3v) is 2.72. The van der Waals surface area contributed by atoms with Gasteiger partial charge in [-0.2, -0.15) is 0 Å². The summed E-state index contributed by atoms with van der Waals surface area (Å²) in [5.74, 6) is 1.84. The summed E-state index contributed by atoms with van der Waals surface area (Å²) in [7, 11) is 0. The minimum absolute atomic E-state index is 0.268. The van der Waals surface area contributed by atoms with Crippen molar-refractivity contribution in [3.8, 4) is 0 Å². The van der Waals surface area contributed by atoms with Crippen LogP contribution in [0.4, 0.5) is 0 Å². The number of ether oxygens (including phenoxy) is 1. The highest BCUT2D eigenvalue weighted by Gasteiger charge is 2.20. The predicted molar refractivity (Wildman–Crippen MR) is 58.7 cm³/mol. The number of hydrogen-bond donors (Lipinski definition) is 1. The van der Waals surface area contributed by atoms with Crippen LogP contribution in [0.15, 0.2) is 22.8 Å². The largest absolute Gasteiger partial charge is 0.468 e. The first-order valence-corrected chi connectivity index (χ1v) is 5.71. The molecule has 0 amide bonds. The second-order valence-corrected chi connectivity index (χ2v) is 4.21. The summed E-state index contributed by atoms with van der Waals surface area (Å²) in [6.07, 6.45) is 4.42. The van der Waals surface area contributed by atoms with E-state index < -0.39 is 0 Å². The van der Waals surface area contributed by atoms with E-state index in [9.17, 15) is 0 Å². The topological polar surface area (TPSA) is 34.4 Å². The van der Waals surface area contributed by atoms with E-state index in [1.165, 1.54) is 12.8 Å². The average Bonchev–Trinajstić information content (AvgIpc) is 2.90. The van der Waals surface area contributed by atoms with Crippen molar-refractivity contribution >= 4 is 0 Å². The Morgan fingerprint density at radius 2 is 2.47 bits per heavy atom. The Bertz CT molecular complexity index is 267. The highest BCUT2D eigenvalue weighted by atomic mass is 16.5. The minimum atomic E-state index is 0.268. The molecule has 1 heterocycles. The summed E-state index contributed by atoms with van der Waals surface area (Å²) < 4.78 is 10.8. The Kier molecular flexibility index (Phi) is 3.80. The van der Waals surface area contributed by atoms with Crippen molar-refractivity contribution < 1.29 is 9.15 Å². The van der Waals surface area contributed by atoms with E-state index in [2.05, 4.69) is 12.2 Å². The predicted octanol–water partition coefficient (Wildman–Crippen LogP) is 2.36. The molecule has 0 aliphatic heterocycles. The van der Waals surface area contributed by atoms with Gasteiger partial charge in [-0.05, 0) is 37.8 Å². The van der Waals surface area contributed by atoms with Gasteiger partial charge in [-0.15, -0.1) is 0 Å². The molecule has 0 radical (unpaired) electrons. The fraction of sp³-hybridized carbons (Fsp3) is 0.667. The monoisotopic (exact) mass is 209 g/mol. The standard InChI is InChI=1S/C12H19NO2/c1-10(12-3-2-7-15-12)13-6-8-14-9-11-4-5-11/h2-3,7,10-11,13H,4-6,8-9H2,1H3. The van der Waals surface area contributed by atoms with Crippen molar-refractivity contribution in [3.05, 3.63) is 24.2 Å². The highest BCUT2D eigenvalue weighted by molar-refractivity contribution is 5.02. The molecule has 1 atom stereocenters. The second-order valence-electron chi connectivity index (χ2n) is 4.21. The van der Waals surface area contributed by atoms with Gasteiger partial charge in [0.15, 0.2) is 0 Å². The lowest BCUT2D eigenvalue weighted by atomic mass is 10.2. The maximum Gasteiger partial charge on any atom is 0.120 e. The molecule has 0 aromatic carbocycles. The maximum absolute atomic E-state index is 5.53. The first kappa shape index (κ1) is 10.7. The zero-order valence-corrected chi connectivity index (χ0v) is 9.24. The number of nitrogens with one attached hydrogen (secondary N) is 1. The van der Waals surface area contributed by atoms with Crippen LogP contribution >= 0.6 is 0 Å². The van der Waals surface area contributed by atoms with Crippen molar-refractivity contribution in [2.45, 2.75) is 25.8 Å². The van der Waals surface area contributed by atoms with Gasteiger partial charge in [-0.25, -0.2) is 0 Å². The smallest absolute Gasteiger partial charge is 0.120 e. The van der Waals surface area contributed by atoms with E-state index in [1.54, 1.807) is 6.26 Å². The summed E-state index contributed by atoms with van der Waals surface area (Å²) in [6.45, 7) is 4.71. The second kappa shape index (κ2) is 5.33. The van der Waals surface area contributed by atoms with Crippen LogP contribution in [0.3, 0.4) is 0 Å². The Hall–Kier alpha value is -0.800. The third-order valence-electron chi connectivity index (χ3n) is 2.72. The van der Waals surface area contributed by atoms with Crippen molar-refractivity contribution in [1.82, 2.24) is 5.32 Å². The number of hydrogen-bond acceptors (Lipinski definition) is 3. The van der Waals surface area contributed by atoms with Crippen molar-refractivity contribution in [1.29, 1.82) is 0 Å². The summed E-state index contributed by atoms with van der Waals surface area (Å²) in [6, 6.07) is 4.17. The molecular formula is C12H19NO2. The lowest BCUT2D eigenvalue weighted by Gasteiger charge is -2.11. The van der Waals surface area contributed by atoms with Gasteiger partial charge >= 0.3 is 0 Å². The molecule has 1 aliphatic carbocycles. The van der Waals surface area contributed by atoms with Crippen molar-refractivity contribution in [2.75, 3.05) is 19.8 Å².